The summed E-state index contributed by atoms with van der Waals surface area (Å²) < 4.78 is 46.6. The van der Waals surface area contributed by atoms with Crippen LogP contribution in [0.3, 0.4) is 0 Å². The zero-order chi connectivity index (χ0) is 15.0. The van der Waals surface area contributed by atoms with Gasteiger partial charge in [-0.3, -0.25) is 0 Å². The molecular formula is C13H18F3NO2S. The molecule has 0 aliphatic rings. The van der Waals surface area contributed by atoms with Gasteiger partial charge in [0.25, 0.3) is 0 Å². The standard InChI is InChI=1S/C13H18F3NO2S/c1-3-17-9-10-8-11(18-2)4-5-12(10)19-6-7-20-13(14,15)16/h4-5,8,17H,3,6-7,9H2,1-2H3. The molecule has 0 atom stereocenters. The molecule has 0 radical (unpaired) electrons. The van der Waals surface area contributed by atoms with Crippen molar-refractivity contribution in [2.75, 3.05) is 26.0 Å². The summed E-state index contributed by atoms with van der Waals surface area (Å²) >= 11 is -0.0811. The van der Waals surface area contributed by atoms with Crippen molar-refractivity contribution in [2.24, 2.45) is 0 Å². The molecule has 0 heterocycles. The molecule has 1 N–H and O–H groups in total. The molecule has 0 saturated carbocycles. The van der Waals surface area contributed by atoms with Gasteiger partial charge in [-0.2, -0.15) is 13.2 Å². The van der Waals surface area contributed by atoms with Gasteiger partial charge in [0.15, 0.2) is 0 Å². The highest BCUT2D eigenvalue weighted by Gasteiger charge is 2.27. The number of halogens is 3. The Bertz CT molecular complexity index is 413. The van der Waals surface area contributed by atoms with E-state index in [2.05, 4.69) is 5.32 Å². The molecule has 1 aromatic carbocycles. The minimum atomic E-state index is -4.21. The fourth-order valence-electron chi connectivity index (χ4n) is 1.53. The van der Waals surface area contributed by atoms with Crippen LogP contribution >= 0.6 is 11.8 Å². The Labute approximate surface area is 120 Å². The number of benzene rings is 1. The minimum absolute atomic E-state index is 0.00955. The van der Waals surface area contributed by atoms with Crippen LogP contribution in [0.15, 0.2) is 18.2 Å². The molecule has 0 spiro atoms. The Balaban J connectivity index is 2.58. The summed E-state index contributed by atoms with van der Waals surface area (Å²) in [5.74, 6) is 1.14. The summed E-state index contributed by atoms with van der Waals surface area (Å²) in [6.07, 6.45) is 0. The predicted octanol–water partition coefficient (Wildman–Crippen LogP) is 3.44. The van der Waals surface area contributed by atoms with Gasteiger partial charge in [-0.15, -0.1) is 0 Å². The van der Waals surface area contributed by atoms with Gasteiger partial charge in [0.2, 0.25) is 0 Å². The maximum atomic E-state index is 12.0. The maximum absolute atomic E-state index is 12.0. The van der Waals surface area contributed by atoms with Crippen LogP contribution in [0, 0.1) is 0 Å². The number of methoxy groups -OCH3 is 1. The largest absolute Gasteiger partial charge is 0.497 e. The molecule has 114 valence electrons. The predicted molar refractivity (Wildman–Crippen MR) is 74.4 cm³/mol. The lowest BCUT2D eigenvalue weighted by molar-refractivity contribution is -0.0329. The number of nitrogens with one attached hydrogen (secondary N) is 1. The van der Waals surface area contributed by atoms with Crippen molar-refractivity contribution < 1.29 is 22.6 Å². The van der Waals surface area contributed by atoms with Gasteiger partial charge in [0.1, 0.15) is 11.5 Å². The monoisotopic (exact) mass is 309 g/mol. The van der Waals surface area contributed by atoms with E-state index in [1.54, 1.807) is 19.2 Å². The van der Waals surface area contributed by atoms with Gasteiger partial charge >= 0.3 is 5.51 Å². The SMILES string of the molecule is CCNCc1cc(OC)ccc1OCCSC(F)(F)F. The second-order valence-corrected chi connectivity index (χ2v) is 5.06. The second-order valence-electron chi connectivity index (χ2n) is 3.90. The summed E-state index contributed by atoms with van der Waals surface area (Å²) in [5.41, 5.74) is -3.35. The van der Waals surface area contributed by atoms with Crippen LogP contribution in [0.2, 0.25) is 0 Å². The summed E-state index contributed by atoms with van der Waals surface area (Å²) in [6, 6.07) is 5.25. The first kappa shape index (κ1) is 17.0. The fourth-order valence-corrected chi connectivity index (χ4v) is 1.93. The zero-order valence-electron chi connectivity index (χ0n) is 11.4. The van der Waals surface area contributed by atoms with Gasteiger partial charge in [-0.25, -0.2) is 0 Å². The van der Waals surface area contributed by atoms with Gasteiger partial charge in [0.05, 0.1) is 13.7 Å². The van der Waals surface area contributed by atoms with Crippen molar-refractivity contribution >= 4 is 11.8 Å². The lowest BCUT2D eigenvalue weighted by Crippen LogP contribution is -2.14. The number of thioether (sulfide) groups is 1. The van der Waals surface area contributed by atoms with E-state index in [-0.39, 0.29) is 24.1 Å². The van der Waals surface area contributed by atoms with Gasteiger partial charge < -0.3 is 14.8 Å². The third-order valence-corrected chi connectivity index (χ3v) is 3.14. The average Bonchev–Trinajstić information content (AvgIpc) is 2.40. The summed E-state index contributed by atoms with van der Waals surface area (Å²) in [6.45, 7) is 3.35. The van der Waals surface area contributed by atoms with Crippen LogP contribution in [-0.2, 0) is 6.54 Å². The highest BCUT2D eigenvalue weighted by atomic mass is 32.2. The Morgan fingerprint density at radius 3 is 2.65 bits per heavy atom. The van der Waals surface area contributed by atoms with E-state index in [9.17, 15) is 13.2 Å². The van der Waals surface area contributed by atoms with Crippen molar-refractivity contribution in [3.05, 3.63) is 23.8 Å². The smallest absolute Gasteiger partial charge is 0.441 e. The van der Waals surface area contributed by atoms with E-state index in [0.717, 1.165) is 12.1 Å². The Kier molecular flexibility index (Phi) is 7.01. The topological polar surface area (TPSA) is 30.5 Å². The molecule has 0 aromatic heterocycles. The normalized spacial score (nSPS) is 11.4. The molecule has 0 unspecified atom stereocenters. The summed E-state index contributed by atoms with van der Waals surface area (Å²) in [4.78, 5) is 0. The van der Waals surface area contributed by atoms with Crippen LogP contribution in [0.4, 0.5) is 13.2 Å². The van der Waals surface area contributed by atoms with Crippen LogP contribution in [0.5, 0.6) is 11.5 Å². The van der Waals surface area contributed by atoms with Gasteiger partial charge in [0, 0.05) is 17.9 Å². The maximum Gasteiger partial charge on any atom is 0.441 e. The first-order valence-electron chi connectivity index (χ1n) is 6.17. The quantitative estimate of drug-likeness (QED) is 0.745. The molecule has 0 aliphatic carbocycles. The number of hydrogen-bond acceptors (Lipinski definition) is 4. The van der Waals surface area contributed by atoms with E-state index in [1.807, 2.05) is 13.0 Å². The lowest BCUT2D eigenvalue weighted by Gasteiger charge is -2.13. The van der Waals surface area contributed by atoms with E-state index in [1.165, 1.54) is 0 Å². The van der Waals surface area contributed by atoms with Crippen molar-refractivity contribution in [3.8, 4) is 11.5 Å². The molecule has 0 aliphatic heterocycles. The van der Waals surface area contributed by atoms with Crippen molar-refractivity contribution in [3.63, 3.8) is 0 Å². The highest BCUT2D eigenvalue weighted by Crippen LogP contribution is 2.30. The van der Waals surface area contributed by atoms with E-state index < -0.39 is 5.51 Å². The van der Waals surface area contributed by atoms with Crippen molar-refractivity contribution in [1.29, 1.82) is 0 Å². The third kappa shape index (κ3) is 6.38. The van der Waals surface area contributed by atoms with Gasteiger partial charge in [-0.05, 0) is 36.5 Å². The van der Waals surface area contributed by atoms with Crippen molar-refractivity contribution in [2.45, 2.75) is 19.0 Å². The van der Waals surface area contributed by atoms with E-state index in [0.29, 0.717) is 18.0 Å². The van der Waals surface area contributed by atoms with Crippen molar-refractivity contribution in [1.82, 2.24) is 5.32 Å². The Hall–Kier alpha value is -1.08. The highest BCUT2D eigenvalue weighted by molar-refractivity contribution is 8.00. The fraction of sp³-hybridized carbons (Fsp3) is 0.538. The first-order valence-corrected chi connectivity index (χ1v) is 7.16. The lowest BCUT2D eigenvalue weighted by atomic mass is 10.2. The Morgan fingerprint density at radius 2 is 2.05 bits per heavy atom. The first-order chi connectivity index (χ1) is 9.46. The number of rotatable bonds is 8. The average molecular weight is 309 g/mol. The molecule has 0 bridgehead atoms. The molecule has 7 heteroatoms. The molecule has 0 fully saturated rings. The number of hydrogen-bond donors (Lipinski definition) is 1. The molecule has 0 amide bonds. The molecule has 0 saturated heterocycles. The van der Waals surface area contributed by atoms with Gasteiger partial charge in [-0.1, -0.05) is 6.92 Å². The summed E-state index contributed by atoms with van der Waals surface area (Å²) in [7, 11) is 1.56. The number of ether oxygens (including phenoxy) is 2. The van der Waals surface area contributed by atoms with E-state index in [4.69, 9.17) is 9.47 Å². The van der Waals surface area contributed by atoms with Crippen LogP contribution in [0.1, 0.15) is 12.5 Å². The van der Waals surface area contributed by atoms with Crippen LogP contribution in [-0.4, -0.2) is 31.5 Å². The molecule has 1 rings (SSSR count). The van der Waals surface area contributed by atoms with Crippen LogP contribution < -0.4 is 14.8 Å². The Morgan fingerprint density at radius 1 is 1.30 bits per heavy atom. The summed E-state index contributed by atoms with van der Waals surface area (Å²) in [5, 5.41) is 3.15. The molecule has 3 nitrogen and oxygen atoms in total. The third-order valence-electron chi connectivity index (χ3n) is 2.44. The molecule has 1 aromatic rings. The second kappa shape index (κ2) is 8.26. The zero-order valence-corrected chi connectivity index (χ0v) is 12.2. The van der Waals surface area contributed by atoms with E-state index >= 15 is 0 Å². The number of alkyl halides is 3. The van der Waals surface area contributed by atoms with Crippen LogP contribution in [0.25, 0.3) is 0 Å². The minimum Gasteiger partial charge on any atom is -0.497 e. The molecular weight excluding hydrogens is 291 g/mol. The molecule has 20 heavy (non-hydrogen) atoms.